The molecule has 2 aliphatic rings. The van der Waals surface area contributed by atoms with Crippen molar-refractivity contribution in [3.05, 3.63) is 0 Å². The van der Waals surface area contributed by atoms with Gasteiger partial charge in [-0.1, -0.05) is 6.92 Å². The maximum Gasteiger partial charge on any atom is 0.0965 e. The molecule has 0 aromatic carbocycles. The molecule has 2 rings (SSSR count). The Morgan fingerprint density at radius 2 is 2.15 bits per heavy atom. The SMILES string of the molecule is CCCNC(C#N)CCN1CCC(N2CCOCC2)C1. The molecule has 2 atom stereocenters. The van der Waals surface area contributed by atoms with Crippen molar-refractivity contribution in [1.82, 2.24) is 15.1 Å². The maximum absolute atomic E-state index is 9.13. The highest BCUT2D eigenvalue weighted by Gasteiger charge is 2.28. The van der Waals surface area contributed by atoms with Crippen LogP contribution in [0.15, 0.2) is 0 Å². The smallest absolute Gasteiger partial charge is 0.0965 e. The molecule has 1 N–H and O–H groups in total. The number of nitrogens with one attached hydrogen (secondary N) is 1. The van der Waals surface area contributed by atoms with Gasteiger partial charge in [0.1, 0.15) is 0 Å². The van der Waals surface area contributed by atoms with Crippen molar-refractivity contribution >= 4 is 0 Å². The highest BCUT2D eigenvalue weighted by molar-refractivity contribution is 4.91. The van der Waals surface area contributed by atoms with Crippen LogP contribution in [0.4, 0.5) is 0 Å². The molecule has 0 saturated carbocycles. The van der Waals surface area contributed by atoms with E-state index in [1.807, 2.05) is 0 Å². The monoisotopic (exact) mass is 280 g/mol. The minimum Gasteiger partial charge on any atom is -0.379 e. The van der Waals surface area contributed by atoms with E-state index < -0.39 is 0 Å². The molecule has 0 bridgehead atoms. The van der Waals surface area contributed by atoms with Gasteiger partial charge in [-0.3, -0.25) is 4.90 Å². The Balaban J connectivity index is 1.66. The van der Waals surface area contributed by atoms with Gasteiger partial charge in [0, 0.05) is 32.2 Å². The van der Waals surface area contributed by atoms with Crippen molar-refractivity contribution in [3.8, 4) is 6.07 Å². The zero-order chi connectivity index (χ0) is 14.2. The predicted octanol–water partition coefficient (Wildman–Crippen LogP) is 0.675. The largest absolute Gasteiger partial charge is 0.379 e. The molecule has 2 heterocycles. The van der Waals surface area contributed by atoms with Gasteiger partial charge in [-0.2, -0.15) is 5.26 Å². The zero-order valence-electron chi connectivity index (χ0n) is 12.7. The van der Waals surface area contributed by atoms with E-state index in [1.54, 1.807) is 0 Å². The summed E-state index contributed by atoms with van der Waals surface area (Å²) in [4.78, 5) is 5.08. The van der Waals surface area contributed by atoms with Crippen molar-refractivity contribution in [3.63, 3.8) is 0 Å². The molecule has 2 fully saturated rings. The molecule has 2 unspecified atom stereocenters. The fourth-order valence-corrected chi connectivity index (χ4v) is 3.10. The van der Waals surface area contributed by atoms with E-state index in [0.29, 0.717) is 6.04 Å². The molecule has 0 aromatic rings. The minimum absolute atomic E-state index is 0.0115. The lowest BCUT2D eigenvalue weighted by atomic mass is 10.2. The lowest BCUT2D eigenvalue weighted by molar-refractivity contribution is 0.0185. The first-order chi connectivity index (χ1) is 9.83. The number of morpholine rings is 1. The van der Waals surface area contributed by atoms with Gasteiger partial charge < -0.3 is 15.0 Å². The van der Waals surface area contributed by atoms with Crippen LogP contribution in [0.2, 0.25) is 0 Å². The van der Waals surface area contributed by atoms with E-state index in [9.17, 15) is 0 Å². The number of nitrogens with zero attached hydrogens (tertiary/aromatic N) is 3. The van der Waals surface area contributed by atoms with Gasteiger partial charge in [-0.15, -0.1) is 0 Å². The Bertz CT molecular complexity index is 311. The summed E-state index contributed by atoms with van der Waals surface area (Å²) < 4.78 is 5.42. The predicted molar refractivity (Wildman–Crippen MR) is 79.5 cm³/mol. The molecule has 5 nitrogen and oxygen atoms in total. The molecule has 20 heavy (non-hydrogen) atoms. The minimum atomic E-state index is 0.0115. The van der Waals surface area contributed by atoms with E-state index >= 15 is 0 Å². The Morgan fingerprint density at radius 1 is 1.35 bits per heavy atom. The molecule has 0 aromatic heterocycles. The number of likely N-dealkylation sites (tertiary alicyclic amines) is 1. The lowest BCUT2D eigenvalue weighted by Gasteiger charge is -2.32. The molecule has 0 radical (unpaired) electrons. The van der Waals surface area contributed by atoms with Gasteiger partial charge in [0.05, 0.1) is 25.3 Å². The molecular formula is C15H28N4O. The third-order valence-corrected chi connectivity index (χ3v) is 4.34. The van der Waals surface area contributed by atoms with Crippen molar-refractivity contribution < 1.29 is 4.74 Å². The second kappa shape index (κ2) is 8.58. The zero-order valence-corrected chi connectivity index (χ0v) is 12.7. The number of nitriles is 1. The standard InChI is InChI=1S/C15H28N4O/c1-2-5-17-14(12-16)3-6-18-7-4-15(13-18)19-8-10-20-11-9-19/h14-15,17H,2-11,13H2,1H3. The molecule has 0 spiro atoms. The van der Waals surface area contributed by atoms with Gasteiger partial charge >= 0.3 is 0 Å². The average Bonchev–Trinajstić information content (AvgIpc) is 2.97. The van der Waals surface area contributed by atoms with Crippen LogP contribution < -0.4 is 5.32 Å². The van der Waals surface area contributed by atoms with E-state index in [4.69, 9.17) is 10.00 Å². The van der Waals surface area contributed by atoms with Crippen LogP contribution in [0.25, 0.3) is 0 Å². The van der Waals surface area contributed by atoms with Gasteiger partial charge in [0.2, 0.25) is 0 Å². The third kappa shape index (κ3) is 4.71. The van der Waals surface area contributed by atoms with Gasteiger partial charge in [0.15, 0.2) is 0 Å². The van der Waals surface area contributed by atoms with Crippen LogP contribution in [0.1, 0.15) is 26.2 Å². The summed E-state index contributed by atoms with van der Waals surface area (Å²) in [5, 5.41) is 12.4. The average molecular weight is 280 g/mol. The summed E-state index contributed by atoms with van der Waals surface area (Å²) >= 11 is 0. The second-order valence-corrected chi connectivity index (χ2v) is 5.82. The van der Waals surface area contributed by atoms with Gasteiger partial charge in [-0.05, 0) is 32.4 Å². The fourth-order valence-electron chi connectivity index (χ4n) is 3.10. The Morgan fingerprint density at radius 3 is 2.85 bits per heavy atom. The molecule has 114 valence electrons. The van der Waals surface area contributed by atoms with Gasteiger partial charge in [-0.25, -0.2) is 0 Å². The molecule has 5 heteroatoms. The Labute approximate surface area is 122 Å². The van der Waals surface area contributed by atoms with E-state index in [0.717, 1.165) is 58.8 Å². The van der Waals surface area contributed by atoms with Crippen LogP contribution in [0, 0.1) is 11.3 Å². The number of rotatable bonds is 7. The van der Waals surface area contributed by atoms with Crippen molar-refractivity contribution in [2.45, 2.75) is 38.3 Å². The number of hydrogen-bond donors (Lipinski definition) is 1. The Hall–Kier alpha value is -0.670. The first-order valence-corrected chi connectivity index (χ1v) is 8.00. The second-order valence-electron chi connectivity index (χ2n) is 5.82. The normalized spacial score (nSPS) is 26.5. The van der Waals surface area contributed by atoms with Gasteiger partial charge in [0.25, 0.3) is 0 Å². The summed E-state index contributed by atoms with van der Waals surface area (Å²) in [7, 11) is 0. The van der Waals surface area contributed by atoms with Crippen LogP contribution in [0.3, 0.4) is 0 Å². The van der Waals surface area contributed by atoms with E-state index in [2.05, 4.69) is 28.1 Å². The van der Waals surface area contributed by atoms with Crippen molar-refractivity contribution in [2.75, 3.05) is 52.5 Å². The quantitative estimate of drug-likeness (QED) is 0.743. The fraction of sp³-hybridized carbons (Fsp3) is 0.933. The first kappa shape index (κ1) is 15.7. The molecule has 0 aliphatic carbocycles. The van der Waals surface area contributed by atoms with E-state index in [-0.39, 0.29) is 6.04 Å². The van der Waals surface area contributed by atoms with Crippen LogP contribution in [-0.2, 0) is 4.74 Å². The molecule has 2 saturated heterocycles. The van der Waals surface area contributed by atoms with Crippen molar-refractivity contribution in [1.29, 1.82) is 5.26 Å². The lowest BCUT2D eigenvalue weighted by Crippen LogP contribution is -2.45. The summed E-state index contributed by atoms with van der Waals surface area (Å²) in [6.45, 7) is 10.4. The summed E-state index contributed by atoms with van der Waals surface area (Å²) in [5.41, 5.74) is 0. The van der Waals surface area contributed by atoms with Crippen LogP contribution in [0.5, 0.6) is 0 Å². The van der Waals surface area contributed by atoms with Crippen LogP contribution >= 0.6 is 0 Å². The molecular weight excluding hydrogens is 252 g/mol. The van der Waals surface area contributed by atoms with E-state index in [1.165, 1.54) is 13.0 Å². The first-order valence-electron chi connectivity index (χ1n) is 8.00. The Kier molecular flexibility index (Phi) is 6.74. The number of ether oxygens (including phenoxy) is 1. The van der Waals surface area contributed by atoms with Crippen LogP contribution in [-0.4, -0.2) is 74.4 Å². The highest BCUT2D eigenvalue weighted by Crippen LogP contribution is 2.17. The topological polar surface area (TPSA) is 51.5 Å². The summed E-state index contributed by atoms with van der Waals surface area (Å²) in [5.74, 6) is 0. The summed E-state index contributed by atoms with van der Waals surface area (Å²) in [6, 6.07) is 3.08. The third-order valence-electron chi connectivity index (χ3n) is 4.34. The van der Waals surface area contributed by atoms with Crippen molar-refractivity contribution in [2.24, 2.45) is 0 Å². The summed E-state index contributed by atoms with van der Waals surface area (Å²) in [6.07, 6.45) is 3.28. The maximum atomic E-state index is 9.13. The highest BCUT2D eigenvalue weighted by atomic mass is 16.5. The number of hydrogen-bond acceptors (Lipinski definition) is 5. The molecule has 0 amide bonds. The molecule has 2 aliphatic heterocycles.